The highest BCUT2D eigenvalue weighted by molar-refractivity contribution is 6.04. The zero-order chi connectivity index (χ0) is 13.1. The van der Waals surface area contributed by atoms with E-state index in [4.69, 9.17) is 9.15 Å². The van der Waals surface area contributed by atoms with E-state index < -0.39 is 0 Å². The summed E-state index contributed by atoms with van der Waals surface area (Å²) in [4.78, 5) is 8.62. The normalized spacial score (nSPS) is 11.4. The van der Waals surface area contributed by atoms with Gasteiger partial charge in [0, 0.05) is 18.9 Å². The third kappa shape index (κ3) is 2.30. The second kappa shape index (κ2) is 5.34. The molecule has 0 saturated carbocycles. The first kappa shape index (κ1) is 12.1. The molecule has 0 amide bonds. The Morgan fingerprint density at radius 2 is 2.16 bits per heavy atom. The molecule has 0 aliphatic rings. The third-order valence-corrected chi connectivity index (χ3v) is 3.08. The number of fused-ring (bicyclic) bond motifs is 3. The van der Waals surface area contributed by atoms with Crippen molar-refractivity contribution in [1.82, 2.24) is 9.97 Å². The lowest BCUT2D eigenvalue weighted by Crippen LogP contribution is -2.78. The van der Waals surface area contributed by atoms with Crippen molar-refractivity contribution in [3.8, 4) is 0 Å². The lowest BCUT2D eigenvalue weighted by molar-refractivity contribution is -0.574. The average Bonchev–Trinajstić information content (AvgIpc) is 2.83. The van der Waals surface area contributed by atoms with Gasteiger partial charge in [-0.25, -0.2) is 4.98 Å². The Hall–Kier alpha value is -1.98. The standard InChI is InChI=1S/C14H15N3O2/c1-18-8-4-7-15-14-13-12(16-9-17-14)10-5-2-3-6-11(10)19-13/h2-3,5-6,9H,4,7-8H2,1H3,(H,15,16,17)/p+1. The van der Waals surface area contributed by atoms with Crippen LogP contribution in [0.2, 0.25) is 0 Å². The lowest BCUT2D eigenvalue weighted by atomic mass is 10.2. The van der Waals surface area contributed by atoms with Crippen LogP contribution in [0.15, 0.2) is 35.0 Å². The first-order chi connectivity index (χ1) is 9.40. The van der Waals surface area contributed by atoms with Gasteiger partial charge >= 0.3 is 0 Å². The van der Waals surface area contributed by atoms with Crippen LogP contribution in [-0.4, -0.2) is 30.2 Å². The first-order valence-corrected chi connectivity index (χ1v) is 6.34. The van der Waals surface area contributed by atoms with Gasteiger partial charge in [-0.15, -0.1) is 0 Å². The largest absolute Gasteiger partial charge is 0.446 e. The van der Waals surface area contributed by atoms with Crippen molar-refractivity contribution in [3.05, 3.63) is 30.6 Å². The number of rotatable bonds is 5. The molecule has 0 atom stereocenters. The van der Waals surface area contributed by atoms with E-state index in [1.54, 1.807) is 13.4 Å². The molecule has 0 saturated heterocycles. The summed E-state index contributed by atoms with van der Waals surface area (Å²) in [7, 11) is 1.71. The minimum atomic E-state index is 0.755. The van der Waals surface area contributed by atoms with Crippen molar-refractivity contribution in [1.29, 1.82) is 0 Å². The Kier molecular flexibility index (Phi) is 3.39. The van der Waals surface area contributed by atoms with Gasteiger partial charge < -0.3 is 9.15 Å². The molecule has 3 rings (SSSR count). The van der Waals surface area contributed by atoms with E-state index in [0.29, 0.717) is 0 Å². The smallest absolute Gasteiger partial charge is 0.271 e. The molecule has 19 heavy (non-hydrogen) atoms. The topological polar surface area (TPSA) is 64.8 Å². The number of para-hydroxylation sites is 1. The van der Waals surface area contributed by atoms with Crippen LogP contribution in [0, 0.1) is 0 Å². The van der Waals surface area contributed by atoms with Crippen LogP contribution in [0.25, 0.3) is 22.1 Å². The molecule has 0 aliphatic carbocycles. The molecular weight excluding hydrogens is 242 g/mol. The van der Waals surface area contributed by atoms with Crippen molar-refractivity contribution in [2.45, 2.75) is 6.42 Å². The molecule has 1 aromatic carbocycles. The number of furan rings is 1. The molecule has 0 radical (unpaired) electrons. The Bertz CT molecular complexity index is 693. The molecule has 5 heteroatoms. The van der Waals surface area contributed by atoms with Crippen molar-refractivity contribution < 1.29 is 14.5 Å². The Morgan fingerprint density at radius 1 is 1.26 bits per heavy atom. The SMILES string of the molecule is COCCC[NH2+]c1ncnc2c1oc1ccccc12. The molecule has 2 N–H and O–H groups in total. The fraction of sp³-hybridized carbons (Fsp3) is 0.286. The van der Waals surface area contributed by atoms with Crippen molar-refractivity contribution in [2.24, 2.45) is 0 Å². The number of benzene rings is 1. The zero-order valence-electron chi connectivity index (χ0n) is 10.8. The molecular formula is C14H16N3O2+. The molecule has 98 valence electrons. The maximum Gasteiger partial charge on any atom is 0.271 e. The second-order valence-electron chi connectivity index (χ2n) is 4.37. The first-order valence-electron chi connectivity index (χ1n) is 6.34. The number of methoxy groups -OCH3 is 1. The fourth-order valence-electron chi connectivity index (χ4n) is 2.15. The molecule has 3 aromatic rings. The van der Waals surface area contributed by atoms with Gasteiger partial charge in [0.15, 0.2) is 0 Å². The van der Waals surface area contributed by atoms with Gasteiger partial charge in [-0.3, -0.25) is 5.32 Å². The predicted octanol–water partition coefficient (Wildman–Crippen LogP) is 1.61. The van der Waals surface area contributed by atoms with E-state index in [-0.39, 0.29) is 0 Å². The summed E-state index contributed by atoms with van der Waals surface area (Å²) in [5, 5.41) is 3.11. The van der Waals surface area contributed by atoms with Crippen LogP contribution < -0.4 is 5.32 Å². The van der Waals surface area contributed by atoms with Gasteiger partial charge in [0.05, 0.1) is 13.2 Å². The minimum absolute atomic E-state index is 0.755. The molecule has 0 aliphatic heterocycles. The van der Waals surface area contributed by atoms with Crippen LogP contribution >= 0.6 is 0 Å². The monoisotopic (exact) mass is 258 g/mol. The molecule has 0 bridgehead atoms. The maximum atomic E-state index is 5.85. The van der Waals surface area contributed by atoms with E-state index in [0.717, 1.165) is 47.5 Å². The number of hydrogen-bond donors (Lipinski definition) is 1. The number of ether oxygens (including phenoxy) is 1. The summed E-state index contributed by atoms with van der Waals surface area (Å²) in [6.45, 7) is 1.67. The van der Waals surface area contributed by atoms with Gasteiger partial charge in [0.25, 0.3) is 5.82 Å². The molecule has 0 fully saturated rings. The predicted molar refractivity (Wildman–Crippen MR) is 72.3 cm³/mol. The molecule has 0 unspecified atom stereocenters. The second-order valence-corrected chi connectivity index (χ2v) is 4.37. The van der Waals surface area contributed by atoms with Crippen LogP contribution in [0.4, 0.5) is 5.82 Å². The van der Waals surface area contributed by atoms with E-state index in [1.807, 2.05) is 24.3 Å². The van der Waals surface area contributed by atoms with Crippen molar-refractivity contribution >= 4 is 27.9 Å². The van der Waals surface area contributed by atoms with E-state index in [2.05, 4.69) is 15.3 Å². The number of hydrogen-bond acceptors (Lipinski definition) is 4. The summed E-state index contributed by atoms with van der Waals surface area (Å²) >= 11 is 0. The number of quaternary nitrogens is 1. The van der Waals surface area contributed by atoms with Crippen LogP contribution in [0.1, 0.15) is 6.42 Å². The number of nitrogens with zero attached hydrogens (tertiary/aromatic N) is 2. The van der Waals surface area contributed by atoms with Crippen LogP contribution in [0.3, 0.4) is 0 Å². The molecule has 0 spiro atoms. The van der Waals surface area contributed by atoms with Crippen LogP contribution in [-0.2, 0) is 4.74 Å². The Morgan fingerprint density at radius 3 is 3.05 bits per heavy atom. The number of nitrogens with two attached hydrogens (primary N) is 1. The van der Waals surface area contributed by atoms with Crippen LogP contribution in [0.5, 0.6) is 0 Å². The summed E-state index contributed by atoms with van der Waals surface area (Å²) in [5.74, 6) is 0.859. The van der Waals surface area contributed by atoms with Crippen molar-refractivity contribution in [3.63, 3.8) is 0 Å². The summed E-state index contributed by atoms with van der Waals surface area (Å²) in [6.07, 6.45) is 2.56. The highest BCUT2D eigenvalue weighted by Gasteiger charge is 2.14. The van der Waals surface area contributed by atoms with Gasteiger partial charge in [-0.1, -0.05) is 12.1 Å². The third-order valence-electron chi connectivity index (χ3n) is 3.08. The van der Waals surface area contributed by atoms with Gasteiger partial charge in [0.1, 0.15) is 17.4 Å². The number of aromatic nitrogens is 2. The lowest BCUT2D eigenvalue weighted by Gasteiger charge is -1.99. The van der Waals surface area contributed by atoms with Gasteiger partial charge in [-0.05, 0) is 12.1 Å². The van der Waals surface area contributed by atoms with E-state index >= 15 is 0 Å². The maximum absolute atomic E-state index is 5.85. The summed E-state index contributed by atoms with van der Waals surface area (Å²) in [6, 6.07) is 7.91. The van der Waals surface area contributed by atoms with E-state index in [9.17, 15) is 0 Å². The Balaban J connectivity index is 1.96. The molecule has 2 aromatic heterocycles. The fourth-order valence-corrected chi connectivity index (χ4v) is 2.15. The highest BCUT2D eigenvalue weighted by Crippen LogP contribution is 2.28. The van der Waals surface area contributed by atoms with E-state index in [1.165, 1.54) is 0 Å². The molecule has 2 heterocycles. The average molecular weight is 258 g/mol. The van der Waals surface area contributed by atoms with Gasteiger partial charge in [-0.2, -0.15) is 4.98 Å². The summed E-state index contributed by atoms with van der Waals surface area (Å²) < 4.78 is 10.9. The quantitative estimate of drug-likeness (QED) is 0.706. The van der Waals surface area contributed by atoms with Gasteiger partial charge in [0.2, 0.25) is 5.58 Å². The minimum Gasteiger partial charge on any atom is -0.446 e. The highest BCUT2D eigenvalue weighted by atomic mass is 16.5. The Labute approximate surface area is 110 Å². The molecule has 5 nitrogen and oxygen atoms in total. The van der Waals surface area contributed by atoms with Crippen molar-refractivity contribution in [2.75, 3.05) is 20.3 Å². The summed E-state index contributed by atoms with van der Waals surface area (Å²) in [5.41, 5.74) is 2.49. The zero-order valence-corrected chi connectivity index (χ0v) is 10.8.